The van der Waals surface area contributed by atoms with E-state index in [4.69, 9.17) is 9.47 Å². The molecule has 0 aromatic carbocycles. The number of hydrogen-bond acceptors (Lipinski definition) is 4. The van der Waals surface area contributed by atoms with Gasteiger partial charge < -0.3 is 9.47 Å². The van der Waals surface area contributed by atoms with Gasteiger partial charge in [0.25, 0.3) is 0 Å². The van der Waals surface area contributed by atoms with Crippen LogP contribution in [-0.4, -0.2) is 26.2 Å². The Bertz CT molecular complexity index is 584. The van der Waals surface area contributed by atoms with Crippen molar-refractivity contribution in [2.75, 3.05) is 14.2 Å². The van der Waals surface area contributed by atoms with Gasteiger partial charge in [-0.2, -0.15) is 0 Å². The van der Waals surface area contributed by atoms with Crippen molar-refractivity contribution < 1.29 is 19.1 Å². The summed E-state index contributed by atoms with van der Waals surface area (Å²) < 4.78 is 9.95. The molecule has 0 amide bonds. The Morgan fingerprint density at radius 2 is 1.15 bits per heavy atom. The van der Waals surface area contributed by atoms with E-state index in [9.17, 15) is 9.59 Å². The van der Waals surface area contributed by atoms with Crippen molar-refractivity contribution in [2.45, 2.75) is 77.0 Å². The van der Waals surface area contributed by atoms with Crippen molar-refractivity contribution in [2.24, 2.45) is 5.41 Å². The van der Waals surface area contributed by atoms with Crippen molar-refractivity contribution in [1.82, 2.24) is 0 Å². The third-order valence-corrected chi connectivity index (χ3v) is 5.58. The second-order valence-corrected chi connectivity index (χ2v) is 7.50. The molecular formula is C23H32O4. The lowest BCUT2D eigenvalue weighted by atomic mass is 9.80. The summed E-state index contributed by atoms with van der Waals surface area (Å²) in [6, 6.07) is 0. The Hall–Kier alpha value is -2.02. The average molecular weight is 373 g/mol. The van der Waals surface area contributed by atoms with Crippen LogP contribution in [0.25, 0.3) is 0 Å². The molecule has 27 heavy (non-hydrogen) atoms. The second kappa shape index (κ2) is 11.0. The number of ether oxygens (including phenoxy) is 2. The zero-order valence-electron chi connectivity index (χ0n) is 16.8. The van der Waals surface area contributed by atoms with Gasteiger partial charge in [-0.1, -0.05) is 12.8 Å². The molecule has 0 radical (unpaired) electrons. The fraction of sp³-hybridized carbons (Fsp3) is 0.652. The molecule has 4 heteroatoms. The van der Waals surface area contributed by atoms with Gasteiger partial charge in [0, 0.05) is 0 Å². The van der Waals surface area contributed by atoms with Gasteiger partial charge in [-0.25, -0.2) is 0 Å². The first-order valence-electron chi connectivity index (χ1n) is 10.1. The van der Waals surface area contributed by atoms with E-state index in [1.807, 2.05) is 12.2 Å². The zero-order valence-corrected chi connectivity index (χ0v) is 16.8. The van der Waals surface area contributed by atoms with Gasteiger partial charge in [0.05, 0.1) is 14.2 Å². The Labute approximate surface area is 163 Å². The highest BCUT2D eigenvalue weighted by molar-refractivity contribution is 6.00. The quantitative estimate of drug-likeness (QED) is 0.366. The third-order valence-electron chi connectivity index (χ3n) is 5.58. The van der Waals surface area contributed by atoms with Crippen molar-refractivity contribution >= 4 is 11.9 Å². The number of allylic oxidation sites excluding steroid dienone is 2. The highest BCUT2D eigenvalue weighted by atomic mass is 16.5. The molecule has 2 aliphatic carbocycles. The fourth-order valence-electron chi connectivity index (χ4n) is 3.88. The lowest BCUT2D eigenvalue weighted by molar-refractivity contribution is -0.168. The van der Waals surface area contributed by atoms with Gasteiger partial charge in [-0.15, -0.1) is 11.5 Å². The Morgan fingerprint density at radius 1 is 0.778 bits per heavy atom. The van der Waals surface area contributed by atoms with Crippen LogP contribution in [0.4, 0.5) is 0 Å². The standard InChI is InChI=1S/C23H32O4/c1-26-21(24)23(22(25)27-2,17-9-15-19-11-5-3-6-12-19)18-10-16-20-13-7-4-8-14-20/h9-10H,3-8,11-14,17-18H2,1-2H3. The molecule has 0 spiro atoms. The summed E-state index contributed by atoms with van der Waals surface area (Å²) in [5.41, 5.74) is 7.79. The molecule has 4 nitrogen and oxygen atoms in total. The minimum absolute atomic E-state index is 0.226. The molecule has 0 heterocycles. The molecule has 2 aliphatic rings. The highest BCUT2D eigenvalue weighted by Crippen LogP contribution is 2.32. The molecule has 0 N–H and O–H groups in total. The molecule has 0 atom stereocenters. The summed E-state index contributed by atoms with van der Waals surface area (Å²) in [6.07, 6.45) is 15.5. The number of methoxy groups -OCH3 is 2. The minimum Gasteiger partial charge on any atom is -0.468 e. The number of esters is 2. The molecule has 148 valence electrons. The van der Waals surface area contributed by atoms with Gasteiger partial charge in [-0.05, 0) is 87.5 Å². The lowest BCUT2D eigenvalue weighted by Crippen LogP contribution is -2.40. The molecule has 0 aromatic rings. The van der Waals surface area contributed by atoms with E-state index in [-0.39, 0.29) is 12.8 Å². The molecule has 2 fully saturated rings. The van der Waals surface area contributed by atoms with Crippen molar-refractivity contribution in [1.29, 1.82) is 0 Å². The lowest BCUT2D eigenvalue weighted by Gasteiger charge is -2.25. The maximum absolute atomic E-state index is 12.6. The molecule has 0 unspecified atom stereocenters. The SMILES string of the molecule is COC(=O)C(CC=C=C1CCCCC1)(CC=C=C1CCCCC1)C(=O)OC. The van der Waals surface area contributed by atoms with Crippen LogP contribution in [0.2, 0.25) is 0 Å². The maximum Gasteiger partial charge on any atom is 0.323 e. The van der Waals surface area contributed by atoms with E-state index in [2.05, 4.69) is 11.5 Å². The fourth-order valence-corrected chi connectivity index (χ4v) is 3.88. The number of carbonyl (C=O) groups excluding carboxylic acids is 2. The molecule has 0 bridgehead atoms. The molecule has 2 saturated carbocycles. The largest absolute Gasteiger partial charge is 0.468 e. The topological polar surface area (TPSA) is 52.6 Å². The maximum atomic E-state index is 12.6. The summed E-state index contributed by atoms with van der Waals surface area (Å²) >= 11 is 0. The van der Waals surface area contributed by atoms with Crippen molar-refractivity contribution in [3.8, 4) is 0 Å². The summed E-state index contributed by atoms with van der Waals surface area (Å²) in [5, 5.41) is 0. The minimum atomic E-state index is -1.37. The van der Waals surface area contributed by atoms with Gasteiger partial charge in [0.15, 0.2) is 5.41 Å². The van der Waals surface area contributed by atoms with Gasteiger partial charge >= 0.3 is 11.9 Å². The van der Waals surface area contributed by atoms with Crippen LogP contribution >= 0.6 is 0 Å². The number of rotatable bonds is 6. The van der Waals surface area contributed by atoms with Crippen LogP contribution in [0.5, 0.6) is 0 Å². The van der Waals surface area contributed by atoms with Gasteiger partial charge in [0.2, 0.25) is 0 Å². The first-order valence-corrected chi connectivity index (χ1v) is 10.1. The smallest absolute Gasteiger partial charge is 0.323 e. The first-order chi connectivity index (χ1) is 13.1. The van der Waals surface area contributed by atoms with E-state index < -0.39 is 17.4 Å². The summed E-state index contributed by atoms with van der Waals surface area (Å²) in [6.45, 7) is 0. The van der Waals surface area contributed by atoms with E-state index in [0.717, 1.165) is 25.7 Å². The molecule has 0 saturated heterocycles. The molecule has 2 rings (SSSR count). The highest BCUT2D eigenvalue weighted by Gasteiger charge is 2.46. The van der Waals surface area contributed by atoms with Gasteiger partial charge in [-0.3, -0.25) is 9.59 Å². The van der Waals surface area contributed by atoms with Crippen molar-refractivity contribution in [3.05, 3.63) is 34.8 Å². The Morgan fingerprint density at radius 3 is 1.48 bits per heavy atom. The van der Waals surface area contributed by atoms with Crippen LogP contribution in [0, 0.1) is 5.41 Å². The monoisotopic (exact) mass is 372 g/mol. The summed E-state index contributed by atoms with van der Waals surface area (Å²) in [5.74, 6) is -1.12. The summed E-state index contributed by atoms with van der Waals surface area (Å²) in [7, 11) is 2.62. The first kappa shape index (κ1) is 21.3. The normalized spacial score (nSPS) is 17.4. The Kier molecular flexibility index (Phi) is 8.64. The van der Waals surface area contributed by atoms with Crippen LogP contribution < -0.4 is 0 Å². The molecular weight excluding hydrogens is 340 g/mol. The van der Waals surface area contributed by atoms with Gasteiger partial charge in [0.1, 0.15) is 0 Å². The second-order valence-electron chi connectivity index (χ2n) is 7.50. The van der Waals surface area contributed by atoms with Crippen LogP contribution in [-0.2, 0) is 19.1 Å². The molecule has 0 aromatic heterocycles. The molecule has 0 aliphatic heterocycles. The van der Waals surface area contributed by atoms with E-state index in [1.54, 1.807) is 0 Å². The van der Waals surface area contributed by atoms with E-state index in [0.29, 0.717) is 0 Å². The van der Waals surface area contributed by atoms with Crippen LogP contribution in [0.3, 0.4) is 0 Å². The van der Waals surface area contributed by atoms with Crippen molar-refractivity contribution in [3.63, 3.8) is 0 Å². The van der Waals surface area contributed by atoms with Crippen LogP contribution in [0.1, 0.15) is 77.0 Å². The zero-order chi connectivity index (χ0) is 19.5. The third kappa shape index (κ3) is 5.99. The van der Waals surface area contributed by atoms with E-state index in [1.165, 1.54) is 63.9 Å². The van der Waals surface area contributed by atoms with Crippen LogP contribution in [0.15, 0.2) is 34.8 Å². The average Bonchev–Trinajstić information content (AvgIpc) is 2.73. The Balaban J connectivity index is 2.25. The number of hydrogen-bond donors (Lipinski definition) is 0. The summed E-state index contributed by atoms with van der Waals surface area (Å²) in [4.78, 5) is 25.1. The number of carbonyl (C=O) groups is 2. The predicted octanol–water partition coefficient (Wildman–Crippen LogP) is 5.19. The van der Waals surface area contributed by atoms with E-state index >= 15 is 0 Å². The predicted molar refractivity (Wildman–Crippen MR) is 105 cm³/mol.